The average Bonchev–Trinajstić information content (AvgIpc) is 3.22. The molecule has 1 unspecified atom stereocenters. The molecule has 0 radical (unpaired) electrons. The Bertz CT molecular complexity index is 1030. The second-order valence-electron chi connectivity index (χ2n) is 9.77. The van der Waals surface area contributed by atoms with Crippen molar-refractivity contribution in [2.75, 3.05) is 33.0 Å². The number of fused-ring (bicyclic) bond motifs is 1. The van der Waals surface area contributed by atoms with E-state index in [0.29, 0.717) is 48.1 Å². The third kappa shape index (κ3) is 6.25. The Hall–Kier alpha value is -2.48. The fraction of sp³-hybridized carbons (Fsp3) is 0.536. The summed E-state index contributed by atoms with van der Waals surface area (Å²) >= 11 is 6.54. The molecule has 1 aromatic rings. The highest BCUT2D eigenvalue weighted by Gasteiger charge is 2.30. The molecule has 8 heteroatoms. The van der Waals surface area contributed by atoms with Crippen molar-refractivity contribution in [2.24, 2.45) is 9.98 Å². The number of aliphatic imine (C=N–C) groups is 2. The largest absolute Gasteiger partial charge is 0.381 e. The number of ether oxygens (including phenoxy) is 1. The molecule has 3 aliphatic rings. The van der Waals surface area contributed by atoms with Crippen LogP contribution in [0.4, 0.5) is 0 Å². The standard InChI is InChI=1S/C28H38ClN5O2/c1-4-24-7-5-6-12-34(24)20(2)17-33-18-22-9-8-21(15-25(22)28(33)35)27(30-3)26(29)16-31-19-32-23-10-13-36-14-11-23/h8-9,15-16,23-24,32H,2-7,10-14,17-19H2,1H3/b27-26+,31-16-. The van der Waals surface area contributed by atoms with E-state index >= 15 is 0 Å². The molecule has 1 amide bonds. The molecule has 0 spiro atoms. The molecule has 0 saturated carbocycles. The van der Waals surface area contributed by atoms with Gasteiger partial charge in [-0.05, 0) is 56.9 Å². The van der Waals surface area contributed by atoms with Crippen LogP contribution in [0.3, 0.4) is 0 Å². The first kappa shape index (κ1) is 26.6. The van der Waals surface area contributed by atoms with Crippen LogP contribution in [-0.4, -0.2) is 73.7 Å². The van der Waals surface area contributed by atoms with E-state index < -0.39 is 0 Å². The minimum absolute atomic E-state index is 0.0203. The molecule has 2 fully saturated rings. The molecule has 1 aromatic carbocycles. The third-order valence-corrected chi connectivity index (χ3v) is 7.70. The molecule has 1 atom stereocenters. The minimum Gasteiger partial charge on any atom is -0.381 e. The van der Waals surface area contributed by atoms with Crippen LogP contribution < -0.4 is 5.32 Å². The van der Waals surface area contributed by atoms with E-state index in [2.05, 4.69) is 40.4 Å². The Morgan fingerprint density at radius 3 is 2.83 bits per heavy atom. The number of likely N-dealkylation sites (tertiary alicyclic amines) is 1. The fourth-order valence-corrected chi connectivity index (χ4v) is 5.60. The van der Waals surface area contributed by atoms with Gasteiger partial charge in [0.1, 0.15) is 0 Å². The number of carbonyl (C=O) groups is 1. The average molecular weight is 512 g/mol. The molecule has 1 N–H and O–H groups in total. The van der Waals surface area contributed by atoms with E-state index in [1.807, 2.05) is 23.1 Å². The SMILES string of the molecule is C=N/C(=C(Cl)\C=N/CNC1CCOCC1)c1ccc2c(c1)C(=O)N(CC(=C)N1CCCCC1CC)C2. The summed E-state index contributed by atoms with van der Waals surface area (Å²) in [6.07, 6.45) is 8.35. The van der Waals surface area contributed by atoms with E-state index in [1.54, 1.807) is 6.21 Å². The summed E-state index contributed by atoms with van der Waals surface area (Å²) in [7, 11) is 0. The summed E-state index contributed by atoms with van der Waals surface area (Å²) in [4.78, 5) is 26.1. The maximum atomic E-state index is 13.3. The predicted molar refractivity (Wildman–Crippen MR) is 148 cm³/mol. The smallest absolute Gasteiger partial charge is 0.254 e. The van der Waals surface area contributed by atoms with E-state index in [0.717, 1.165) is 55.8 Å². The lowest BCUT2D eigenvalue weighted by molar-refractivity contribution is 0.0767. The van der Waals surface area contributed by atoms with Crippen molar-refractivity contribution in [2.45, 2.75) is 64.1 Å². The molecule has 2 saturated heterocycles. The van der Waals surface area contributed by atoms with Gasteiger partial charge in [-0.25, -0.2) is 0 Å². The van der Waals surface area contributed by atoms with Gasteiger partial charge in [-0.3, -0.25) is 20.1 Å². The Balaban J connectivity index is 1.41. The van der Waals surface area contributed by atoms with Gasteiger partial charge >= 0.3 is 0 Å². The zero-order valence-corrected chi connectivity index (χ0v) is 22.1. The van der Waals surface area contributed by atoms with Crippen LogP contribution >= 0.6 is 11.6 Å². The minimum atomic E-state index is 0.0203. The highest BCUT2D eigenvalue weighted by molar-refractivity contribution is 6.42. The van der Waals surface area contributed by atoms with Gasteiger partial charge in [0.15, 0.2) is 0 Å². The number of rotatable bonds is 10. The Kier molecular flexibility index (Phi) is 9.35. The van der Waals surface area contributed by atoms with Gasteiger partial charge in [0.25, 0.3) is 5.91 Å². The summed E-state index contributed by atoms with van der Waals surface area (Å²) < 4.78 is 5.38. The van der Waals surface area contributed by atoms with Crippen LogP contribution in [0.2, 0.25) is 0 Å². The number of hydrogen-bond acceptors (Lipinski definition) is 6. The van der Waals surface area contributed by atoms with Crippen molar-refractivity contribution in [3.63, 3.8) is 0 Å². The molecule has 3 heterocycles. The zero-order valence-electron chi connectivity index (χ0n) is 21.3. The van der Waals surface area contributed by atoms with E-state index in [4.69, 9.17) is 16.3 Å². The normalized spacial score (nSPS) is 21.6. The zero-order chi connectivity index (χ0) is 25.5. The van der Waals surface area contributed by atoms with Crippen LogP contribution in [0.25, 0.3) is 5.70 Å². The fourth-order valence-electron chi connectivity index (χ4n) is 5.36. The van der Waals surface area contributed by atoms with Crippen LogP contribution in [0.1, 0.15) is 66.9 Å². The van der Waals surface area contributed by atoms with E-state index in [1.165, 1.54) is 19.3 Å². The van der Waals surface area contributed by atoms with Crippen LogP contribution in [0, 0.1) is 0 Å². The number of piperidine rings is 1. The lowest BCUT2D eigenvalue weighted by Crippen LogP contribution is -2.41. The number of carbonyl (C=O) groups excluding carboxylic acids is 1. The Morgan fingerprint density at radius 2 is 2.08 bits per heavy atom. The number of nitrogens with zero attached hydrogens (tertiary/aromatic N) is 4. The molecule has 0 aliphatic carbocycles. The molecule has 7 nitrogen and oxygen atoms in total. The van der Waals surface area contributed by atoms with Crippen molar-refractivity contribution in [1.29, 1.82) is 0 Å². The maximum absolute atomic E-state index is 13.3. The topological polar surface area (TPSA) is 69.5 Å². The monoisotopic (exact) mass is 511 g/mol. The lowest BCUT2D eigenvalue weighted by atomic mass is 9.99. The van der Waals surface area contributed by atoms with Gasteiger partial charge in [0.05, 0.1) is 23.9 Å². The molecular weight excluding hydrogens is 474 g/mol. The number of nitrogens with one attached hydrogen (secondary N) is 1. The van der Waals surface area contributed by atoms with Crippen molar-refractivity contribution >= 4 is 36.1 Å². The highest BCUT2D eigenvalue weighted by Crippen LogP contribution is 2.30. The van der Waals surface area contributed by atoms with Gasteiger partial charge in [-0.15, -0.1) is 0 Å². The van der Waals surface area contributed by atoms with Gasteiger partial charge in [-0.1, -0.05) is 37.2 Å². The Labute approximate surface area is 220 Å². The first-order valence-electron chi connectivity index (χ1n) is 13.1. The number of halogens is 1. The van der Waals surface area contributed by atoms with E-state index in [-0.39, 0.29) is 5.91 Å². The highest BCUT2D eigenvalue weighted by atomic mass is 35.5. The van der Waals surface area contributed by atoms with Crippen molar-refractivity contribution < 1.29 is 9.53 Å². The molecule has 36 heavy (non-hydrogen) atoms. The maximum Gasteiger partial charge on any atom is 0.254 e. The molecule has 3 aliphatic heterocycles. The van der Waals surface area contributed by atoms with Gasteiger partial charge in [0, 0.05) is 61.4 Å². The number of allylic oxidation sites excluding steroid dienone is 1. The second-order valence-corrected chi connectivity index (χ2v) is 10.2. The quantitative estimate of drug-likeness (QED) is 0.457. The van der Waals surface area contributed by atoms with Crippen molar-refractivity contribution in [1.82, 2.24) is 15.1 Å². The van der Waals surface area contributed by atoms with Crippen LogP contribution in [0.5, 0.6) is 0 Å². The number of benzene rings is 1. The summed E-state index contributed by atoms with van der Waals surface area (Å²) in [5.41, 5.74) is 4.01. The van der Waals surface area contributed by atoms with Crippen LogP contribution in [-0.2, 0) is 11.3 Å². The molecule has 0 bridgehead atoms. The summed E-state index contributed by atoms with van der Waals surface area (Å²) in [5, 5.41) is 3.79. The molecule has 194 valence electrons. The summed E-state index contributed by atoms with van der Waals surface area (Å²) in [6, 6.07) is 6.75. The van der Waals surface area contributed by atoms with Crippen molar-refractivity contribution in [3.8, 4) is 0 Å². The molecule has 4 rings (SSSR count). The third-order valence-electron chi connectivity index (χ3n) is 7.42. The second kappa shape index (κ2) is 12.7. The van der Waals surface area contributed by atoms with Crippen LogP contribution in [0.15, 0.2) is 45.5 Å². The van der Waals surface area contributed by atoms with Crippen molar-refractivity contribution in [3.05, 3.63) is 52.2 Å². The lowest BCUT2D eigenvalue weighted by Gasteiger charge is -2.39. The van der Waals surface area contributed by atoms with Gasteiger partial charge < -0.3 is 14.5 Å². The number of amides is 1. The van der Waals surface area contributed by atoms with E-state index in [9.17, 15) is 4.79 Å². The first-order valence-corrected chi connectivity index (χ1v) is 13.4. The predicted octanol–water partition coefficient (Wildman–Crippen LogP) is 4.83. The molecular formula is C28H38ClN5O2. The van der Waals surface area contributed by atoms with Gasteiger partial charge in [0.2, 0.25) is 0 Å². The molecule has 0 aromatic heterocycles. The first-order chi connectivity index (χ1) is 17.5. The summed E-state index contributed by atoms with van der Waals surface area (Å²) in [5.74, 6) is 0.0203. The Morgan fingerprint density at radius 1 is 1.28 bits per heavy atom. The number of hydrogen-bond donors (Lipinski definition) is 1. The van der Waals surface area contributed by atoms with Gasteiger partial charge in [-0.2, -0.15) is 0 Å². The summed E-state index contributed by atoms with van der Waals surface area (Å²) in [6.45, 7) is 14.5.